The van der Waals surface area contributed by atoms with Gasteiger partial charge in [0.2, 0.25) is 5.91 Å². The fourth-order valence-corrected chi connectivity index (χ4v) is 3.82. The molecule has 1 atom stereocenters. The Morgan fingerprint density at radius 1 is 0.853 bits per heavy atom. The number of aryl methyl sites for hydroxylation is 1. The van der Waals surface area contributed by atoms with Gasteiger partial charge in [0, 0.05) is 19.5 Å². The van der Waals surface area contributed by atoms with Crippen LogP contribution in [0.1, 0.15) is 69.4 Å². The van der Waals surface area contributed by atoms with Gasteiger partial charge < -0.3 is 20.5 Å². The number of amides is 1. The molecular formula is C29H44N2O3. The summed E-state index contributed by atoms with van der Waals surface area (Å²) in [4.78, 5) is 11.9. The number of aliphatic hydroxyl groups excluding tert-OH is 1. The molecule has 3 N–H and O–H groups in total. The third-order valence-corrected chi connectivity index (χ3v) is 5.90. The molecule has 2 aromatic rings. The Balaban J connectivity index is 1.48. The number of carbonyl (C=O) groups excluding carboxylic acids is 1. The van der Waals surface area contributed by atoms with E-state index in [9.17, 15) is 9.90 Å². The molecule has 0 aromatic heterocycles. The molecule has 1 unspecified atom stereocenters. The molecule has 0 saturated heterocycles. The second kappa shape index (κ2) is 18.0. The van der Waals surface area contributed by atoms with Gasteiger partial charge >= 0.3 is 0 Å². The number of benzene rings is 2. The Labute approximate surface area is 206 Å². The predicted molar refractivity (Wildman–Crippen MR) is 140 cm³/mol. The van der Waals surface area contributed by atoms with E-state index in [0.29, 0.717) is 19.5 Å². The summed E-state index contributed by atoms with van der Waals surface area (Å²) in [5.41, 5.74) is 2.54. The van der Waals surface area contributed by atoms with Gasteiger partial charge in [-0.05, 0) is 61.9 Å². The lowest BCUT2D eigenvalue weighted by molar-refractivity contribution is -0.121. The Morgan fingerprint density at radius 2 is 1.59 bits per heavy atom. The van der Waals surface area contributed by atoms with E-state index in [4.69, 9.17) is 4.74 Å². The summed E-state index contributed by atoms with van der Waals surface area (Å²) >= 11 is 0. The van der Waals surface area contributed by atoms with Gasteiger partial charge in [0.05, 0.1) is 0 Å². The molecule has 2 aromatic carbocycles. The third kappa shape index (κ3) is 13.4. The molecule has 0 fully saturated rings. The summed E-state index contributed by atoms with van der Waals surface area (Å²) in [7, 11) is 0. The molecule has 1 amide bonds. The summed E-state index contributed by atoms with van der Waals surface area (Å²) in [6, 6.07) is 18.4. The quantitative estimate of drug-likeness (QED) is 0.252. The fourth-order valence-electron chi connectivity index (χ4n) is 3.82. The minimum absolute atomic E-state index is 0.148. The SMILES string of the molecule is CCCCCCCC(=O)NCCc1ccc(OCC(O)CNCCCCc2ccccc2)cc1. The average molecular weight is 469 g/mol. The van der Waals surface area contributed by atoms with E-state index in [1.165, 1.54) is 24.8 Å². The van der Waals surface area contributed by atoms with Crippen LogP contribution in [0, 0.1) is 0 Å². The minimum atomic E-state index is -0.536. The van der Waals surface area contributed by atoms with Gasteiger partial charge in [0.25, 0.3) is 0 Å². The maximum absolute atomic E-state index is 11.9. The first-order valence-corrected chi connectivity index (χ1v) is 13.1. The van der Waals surface area contributed by atoms with E-state index in [1.54, 1.807) is 0 Å². The van der Waals surface area contributed by atoms with Gasteiger partial charge in [-0.1, -0.05) is 75.1 Å². The Hall–Kier alpha value is -2.37. The Bertz CT molecular complexity index is 765. The molecule has 0 aliphatic rings. The topological polar surface area (TPSA) is 70.6 Å². The lowest BCUT2D eigenvalue weighted by atomic mass is 10.1. The number of carbonyl (C=O) groups is 1. The van der Waals surface area contributed by atoms with Crippen LogP contribution in [-0.2, 0) is 17.6 Å². The summed E-state index contributed by atoms with van der Waals surface area (Å²) in [5, 5.41) is 16.5. The number of rotatable bonds is 19. The molecule has 0 radical (unpaired) electrons. The number of nitrogens with one attached hydrogen (secondary N) is 2. The van der Waals surface area contributed by atoms with Crippen LogP contribution in [0.5, 0.6) is 5.75 Å². The van der Waals surface area contributed by atoms with Gasteiger partial charge in [-0.3, -0.25) is 4.79 Å². The summed E-state index contributed by atoms with van der Waals surface area (Å²) < 4.78 is 5.71. The van der Waals surface area contributed by atoms with Crippen LogP contribution >= 0.6 is 0 Å². The van der Waals surface area contributed by atoms with Gasteiger partial charge in [-0.2, -0.15) is 0 Å². The lowest BCUT2D eigenvalue weighted by Gasteiger charge is -2.14. The number of hydrogen-bond acceptors (Lipinski definition) is 4. The van der Waals surface area contributed by atoms with Gasteiger partial charge in [-0.25, -0.2) is 0 Å². The van der Waals surface area contributed by atoms with E-state index in [1.807, 2.05) is 30.3 Å². The van der Waals surface area contributed by atoms with Crippen molar-refractivity contribution in [3.05, 3.63) is 65.7 Å². The van der Waals surface area contributed by atoms with Crippen LogP contribution < -0.4 is 15.4 Å². The van der Waals surface area contributed by atoms with Crippen molar-refractivity contribution in [1.82, 2.24) is 10.6 Å². The molecule has 0 aliphatic carbocycles. The maximum atomic E-state index is 11.9. The van der Waals surface area contributed by atoms with Crippen molar-refractivity contribution >= 4 is 5.91 Å². The standard InChI is InChI=1S/C29H44N2O3/c1-2-3-4-5-9-15-29(33)31-22-20-26-16-18-28(19-17-26)34-24-27(32)23-30-21-11-10-14-25-12-7-6-8-13-25/h6-8,12-13,16-19,27,30,32H,2-5,9-11,14-15,20-24H2,1H3,(H,31,33). The van der Waals surface area contributed by atoms with Gasteiger partial charge in [-0.15, -0.1) is 0 Å². The second-order valence-electron chi connectivity index (χ2n) is 9.02. The van der Waals surface area contributed by atoms with Crippen LogP contribution in [0.25, 0.3) is 0 Å². The molecule has 5 heteroatoms. The highest BCUT2D eigenvalue weighted by Crippen LogP contribution is 2.13. The average Bonchev–Trinajstić information content (AvgIpc) is 2.86. The van der Waals surface area contributed by atoms with Crippen molar-refractivity contribution in [3.8, 4) is 5.75 Å². The van der Waals surface area contributed by atoms with Crippen LogP contribution in [0.4, 0.5) is 0 Å². The van der Waals surface area contributed by atoms with Crippen molar-refractivity contribution in [3.63, 3.8) is 0 Å². The maximum Gasteiger partial charge on any atom is 0.220 e. The van der Waals surface area contributed by atoms with Crippen LogP contribution in [0.2, 0.25) is 0 Å². The summed E-state index contributed by atoms with van der Waals surface area (Å²) in [5.74, 6) is 0.900. The molecule has 0 aliphatic heterocycles. The molecule has 2 rings (SSSR count). The molecule has 188 valence electrons. The first-order chi connectivity index (χ1) is 16.7. The molecule has 5 nitrogen and oxygen atoms in total. The van der Waals surface area contributed by atoms with Crippen molar-refractivity contribution in [2.24, 2.45) is 0 Å². The lowest BCUT2D eigenvalue weighted by Crippen LogP contribution is -2.32. The van der Waals surface area contributed by atoms with Crippen molar-refractivity contribution in [1.29, 1.82) is 0 Å². The predicted octanol–water partition coefficient (Wildman–Crippen LogP) is 5.06. The van der Waals surface area contributed by atoms with Gasteiger partial charge in [0.1, 0.15) is 18.5 Å². The number of unbranched alkanes of at least 4 members (excludes halogenated alkanes) is 5. The molecule has 34 heavy (non-hydrogen) atoms. The van der Waals surface area contributed by atoms with Crippen LogP contribution in [0.3, 0.4) is 0 Å². The first-order valence-electron chi connectivity index (χ1n) is 13.1. The molecule has 0 heterocycles. The van der Waals surface area contributed by atoms with Crippen molar-refractivity contribution in [2.45, 2.75) is 77.2 Å². The summed E-state index contributed by atoms with van der Waals surface area (Å²) in [6.45, 7) is 4.55. The third-order valence-electron chi connectivity index (χ3n) is 5.90. The van der Waals surface area contributed by atoms with E-state index in [0.717, 1.165) is 56.4 Å². The number of ether oxygens (including phenoxy) is 1. The van der Waals surface area contributed by atoms with Crippen LogP contribution in [-0.4, -0.2) is 43.4 Å². The number of hydrogen-bond donors (Lipinski definition) is 3. The van der Waals surface area contributed by atoms with Crippen LogP contribution in [0.15, 0.2) is 54.6 Å². The first kappa shape index (κ1) is 27.9. The summed E-state index contributed by atoms with van der Waals surface area (Å²) in [6.07, 6.45) is 10.0. The fraction of sp³-hybridized carbons (Fsp3) is 0.552. The monoisotopic (exact) mass is 468 g/mol. The van der Waals surface area contributed by atoms with Gasteiger partial charge in [0.15, 0.2) is 0 Å². The molecule has 0 spiro atoms. The van der Waals surface area contributed by atoms with E-state index in [-0.39, 0.29) is 12.5 Å². The van der Waals surface area contributed by atoms with E-state index < -0.39 is 6.10 Å². The zero-order chi connectivity index (χ0) is 24.3. The van der Waals surface area contributed by atoms with Crippen molar-refractivity contribution < 1.29 is 14.6 Å². The highest BCUT2D eigenvalue weighted by atomic mass is 16.5. The molecule has 0 saturated carbocycles. The van der Waals surface area contributed by atoms with E-state index in [2.05, 4.69) is 41.8 Å². The Morgan fingerprint density at radius 3 is 2.35 bits per heavy atom. The molecule has 0 bridgehead atoms. The largest absolute Gasteiger partial charge is 0.491 e. The minimum Gasteiger partial charge on any atom is -0.491 e. The normalized spacial score (nSPS) is 11.8. The molecular weight excluding hydrogens is 424 g/mol. The second-order valence-corrected chi connectivity index (χ2v) is 9.02. The Kier molecular flexibility index (Phi) is 14.8. The zero-order valence-electron chi connectivity index (χ0n) is 20.9. The van der Waals surface area contributed by atoms with E-state index >= 15 is 0 Å². The zero-order valence-corrected chi connectivity index (χ0v) is 20.9. The smallest absolute Gasteiger partial charge is 0.220 e. The number of aliphatic hydroxyl groups is 1. The van der Waals surface area contributed by atoms with Crippen molar-refractivity contribution in [2.75, 3.05) is 26.2 Å². The highest BCUT2D eigenvalue weighted by Gasteiger charge is 2.06. The highest BCUT2D eigenvalue weighted by molar-refractivity contribution is 5.75.